The van der Waals surface area contributed by atoms with Crippen molar-refractivity contribution in [1.29, 1.82) is 0 Å². The van der Waals surface area contributed by atoms with Crippen molar-refractivity contribution in [2.45, 2.75) is 13.8 Å². The molecule has 0 fully saturated rings. The highest BCUT2D eigenvalue weighted by molar-refractivity contribution is 7.80. The average molecular weight is 418 g/mol. The van der Waals surface area contributed by atoms with Crippen LogP contribution in [0.3, 0.4) is 0 Å². The summed E-state index contributed by atoms with van der Waals surface area (Å²) in [5.74, 6) is 0. The lowest BCUT2D eigenvalue weighted by molar-refractivity contribution is 1.07. The summed E-state index contributed by atoms with van der Waals surface area (Å²) in [5, 5.41) is 6.42. The maximum absolute atomic E-state index is 4.97. The smallest absolute Gasteiger partial charge is 0.0930 e. The first-order valence-corrected chi connectivity index (χ1v) is 11.8. The summed E-state index contributed by atoms with van der Waals surface area (Å²) in [6.45, 7) is 4.07. The van der Waals surface area contributed by atoms with E-state index >= 15 is 0 Å². The number of benzene rings is 4. The molecule has 0 N–H and O–H groups in total. The molecule has 3 heteroatoms. The average Bonchev–Trinajstić information content (AvgIpc) is 2.82. The normalized spacial score (nSPS) is 11.2. The number of aromatic nitrogens is 2. The van der Waals surface area contributed by atoms with Gasteiger partial charge in [-0.3, -0.25) is 4.98 Å². The van der Waals surface area contributed by atoms with Crippen LogP contribution in [-0.2, 0) is 0 Å². The highest BCUT2D eigenvalue weighted by Crippen LogP contribution is 2.40. The molecule has 0 radical (unpaired) electrons. The van der Waals surface area contributed by atoms with Crippen LogP contribution < -0.4 is 15.9 Å². The van der Waals surface area contributed by atoms with Crippen LogP contribution >= 0.6 is 7.92 Å². The Morgan fingerprint density at radius 3 is 1.94 bits per heavy atom. The Morgan fingerprint density at radius 2 is 1.26 bits per heavy atom. The molecular weight excluding hydrogens is 395 g/mol. The minimum Gasteiger partial charge on any atom is -0.257 e. The van der Waals surface area contributed by atoms with E-state index in [2.05, 4.69) is 109 Å². The fourth-order valence-electron chi connectivity index (χ4n) is 4.05. The Hall–Kier alpha value is -3.35. The molecule has 1 heterocycles. The van der Waals surface area contributed by atoms with E-state index in [0.29, 0.717) is 0 Å². The number of fused-ring (bicyclic) bond motifs is 1. The third kappa shape index (κ3) is 3.76. The van der Waals surface area contributed by atoms with Gasteiger partial charge in [0.1, 0.15) is 0 Å². The zero-order chi connectivity index (χ0) is 21.2. The minimum absolute atomic E-state index is 0.753. The molecule has 31 heavy (non-hydrogen) atoms. The maximum Gasteiger partial charge on any atom is 0.0930 e. The lowest BCUT2D eigenvalue weighted by atomic mass is 10.0. The Balaban J connectivity index is 1.88. The van der Waals surface area contributed by atoms with Crippen LogP contribution in [0.15, 0.2) is 103 Å². The van der Waals surface area contributed by atoms with Gasteiger partial charge in [-0.2, -0.15) is 0 Å². The van der Waals surface area contributed by atoms with E-state index in [-0.39, 0.29) is 0 Å². The fourth-order valence-corrected chi connectivity index (χ4v) is 6.52. The molecule has 0 unspecified atom stereocenters. The molecule has 0 saturated heterocycles. The predicted molar refractivity (Wildman–Crippen MR) is 133 cm³/mol. The summed E-state index contributed by atoms with van der Waals surface area (Å²) in [5.41, 5.74) is 4.07. The molecule has 0 amide bonds. The maximum atomic E-state index is 4.97. The van der Waals surface area contributed by atoms with Gasteiger partial charge in [0.05, 0.1) is 17.1 Å². The highest BCUT2D eigenvalue weighted by atomic mass is 31.1. The first kappa shape index (κ1) is 19.6. The first-order chi connectivity index (χ1) is 15.2. The van der Waals surface area contributed by atoms with Crippen LogP contribution in [0, 0.1) is 13.8 Å². The van der Waals surface area contributed by atoms with Crippen molar-refractivity contribution in [3.05, 3.63) is 115 Å². The zero-order valence-electron chi connectivity index (χ0n) is 17.7. The van der Waals surface area contributed by atoms with E-state index in [9.17, 15) is 0 Å². The number of hydrogen-bond donors (Lipinski definition) is 0. The first-order valence-electron chi connectivity index (χ1n) is 10.4. The molecule has 0 aliphatic rings. The summed E-state index contributed by atoms with van der Waals surface area (Å²) in [6, 6.07) is 34.8. The molecule has 2 nitrogen and oxygen atoms in total. The topological polar surface area (TPSA) is 25.8 Å². The van der Waals surface area contributed by atoms with Gasteiger partial charge in [0.25, 0.3) is 0 Å². The van der Waals surface area contributed by atoms with Crippen molar-refractivity contribution in [2.24, 2.45) is 0 Å². The number of hydrogen-bond acceptors (Lipinski definition) is 2. The van der Waals surface area contributed by atoms with Crippen molar-refractivity contribution >= 4 is 34.6 Å². The van der Waals surface area contributed by atoms with Crippen molar-refractivity contribution in [2.75, 3.05) is 0 Å². The molecule has 0 bridgehead atoms. The van der Waals surface area contributed by atoms with Gasteiger partial charge in [0.15, 0.2) is 0 Å². The third-order valence-corrected chi connectivity index (χ3v) is 7.97. The van der Waals surface area contributed by atoms with Crippen molar-refractivity contribution in [3.8, 4) is 11.3 Å². The quantitative estimate of drug-likeness (QED) is 0.351. The van der Waals surface area contributed by atoms with E-state index in [1.165, 1.54) is 32.2 Å². The largest absolute Gasteiger partial charge is 0.257 e. The molecule has 0 aliphatic heterocycles. The van der Waals surface area contributed by atoms with Crippen LogP contribution in [0.4, 0.5) is 0 Å². The lowest BCUT2D eigenvalue weighted by Crippen LogP contribution is -2.22. The molecule has 5 rings (SSSR count). The SMILES string of the molecule is Cc1cnc(C)c(-c2c(P(c3ccccc3)c3ccccc3)ccc3ccccc23)n1. The standard InChI is InChI=1S/C28H23N2P/c1-20-19-29-21(2)28(30-20)27-25-16-10-9-11-22(25)17-18-26(27)31(23-12-5-3-6-13-23)24-14-7-4-8-15-24/h3-19H,1-2H3. The van der Waals surface area contributed by atoms with E-state index in [1.54, 1.807) is 0 Å². The molecule has 1 aromatic heterocycles. The third-order valence-electron chi connectivity index (χ3n) is 5.49. The van der Waals surface area contributed by atoms with Gasteiger partial charge < -0.3 is 0 Å². The van der Waals surface area contributed by atoms with Crippen LogP contribution in [0.2, 0.25) is 0 Å². The second-order valence-electron chi connectivity index (χ2n) is 7.63. The van der Waals surface area contributed by atoms with Gasteiger partial charge in [0, 0.05) is 11.8 Å². The lowest BCUT2D eigenvalue weighted by Gasteiger charge is -2.24. The van der Waals surface area contributed by atoms with Gasteiger partial charge in [-0.15, -0.1) is 0 Å². The van der Waals surface area contributed by atoms with Crippen LogP contribution in [-0.4, -0.2) is 9.97 Å². The van der Waals surface area contributed by atoms with Gasteiger partial charge in [-0.1, -0.05) is 97.1 Å². The van der Waals surface area contributed by atoms with Crippen molar-refractivity contribution < 1.29 is 0 Å². The molecule has 150 valence electrons. The minimum atomic E-state index is -0.753. The number of aryl methyl sites for hydroxylation is 2. The molecule has 0 atom stereocenters. The Kier molecular flexibility index (Phi) is 5.32. The Morgan fingerprint density at radius 1 is 0.645 bits per heavy atom. The van der Waals surface area contributed by atoms with E-state index in [0.717, 1.165) is 17.1 Å². The summed E-state index contributed by atoms with van der Waals surface area (Å²) < 4.78 is 0. The second kappa shape index (κ2) is 8.41. The Bertz CT molecular complexity index is 1310. The van der Waals surface area contributed by atoms with Gasteiger partial charge in [-0.05, 0) is 48.5 Å². The van der Waals surface area contributed by atoms with E-state index in [1.807, 2.05) is 13.1 Å². The number of nitrogens with zero attached hydrogens (tertiary/aromatic N) is 2. The van der Waals surface area contributed by atoms with Crippen molar-refractivity contribution in [1.82, 2.24) is 9.97 Å². The van der Waals surface area contributed by atoms with Crippen LogP contribution in [0.1, 0.15) is 11.4 Å². The molecule has 5 aromatic rings. The Labute approximate surface area is 184 Å². The van der Waals surface area contributed by atoms with E-state index < -0.39 is 7.92 Å². The van der Waals surface area contributed by atoms with Gasteiger partial charge in [0.2, 0.25) is 0 Å². The summed E-state index contributed by atoms with van der Waals surface area (Å²) in [6.07, 6.45) is 1.85. The molecular formula is C28H23N2P. The van der Waals surface area contributed by atoms with Crippen LogP contribution in [0.5, 0.6) is 0 Å². The molecule has 0 saturated carbocycles. The zero-order valence-corrected chi connectivity index (χ0v) is 18.6. The van der Waals surface area contributed by atoms with Crippen LogP contribution in [0.25, 0.3) is 22.0 Å². The van der Waals surface area contributed by atoms with Crippen molar-refractivity contribution in [3.63, 3.8) is 0 Å². The predicted octanol–water partition coefficient (Wildman–Crippen LogP) is 5.67. The van der Waals surface area contributed by atoms with E-state index in [4.69, 9.17) is 4.98 Å². The highest BCUT2D eigenvalue weighted by Gasteiger charge is 2.23. The van der Waals surface area contributed by atoms with Gasteiger partial charge in [-0.25, -0.2) is 4.98 Å². The fraction of sp³-hybridized carbons (Fsp3) is 0.0714. The molecule has 4 aromatic carbocycles. The monoisotopic (exact) mass is 418 g/mol. The van der Waals surface area contributed by atoms with Gasteiger partial charge >= 0.3 is 0 Å². The molecule has 0 aliphatic carbocycles. The number of rotatable bonds is 4. The summed E-state index contributed by atoms with van der Waals surface area (Å²) >= 11 is 0. The summed E-state index contributed by atoms with van der Waals surface area (Å²) in [7, 11) is -0.753. The summed E-state index contributed by atoms with van der Waals surface area (Å²) in [4.78, 5) is 9.62. The molecule has 0 spiro atoms. The second-order valence-corrected chi connectivity index (χ2v) is 9.82.